The topological polar surface area (TPSA) is 106 Å². The molecule has 1 aliphatic heterocycles. The maximum Gasteiger partial charge on any atom is 0.208 e. The van der Waals surface area contributed by atoms with Crippen LogP contribution in [0.4, 0.5) is 0 Å². The minimum absolute atomic E-state index is 0.0552. The molecule has 0 atom stereocenters. The van der Waals surface area contributed by atoms with E-state index >= 15 is 0 Å². The van der Waals surface area contributed by atoms with Crippen LogP contribution in [-0.4, -0.2) is 59.5 Å². The molecule has 0 aromatic carbocycles. The lowest BCUT2D eigenvalue weighted by molar-refractivity contribution is 0.193. The number of sulfonamides is 1. The highest BCUT2D eigenvalue weighted by Gasteiger charge is 2.37. The predicted octanol–water partition coefficient (Wildman–Crippen LogP) is 0.331. The first-order chi connectivity index (χ1) is 11.9. The highest BCUT2D eigenvalue weighted by molar-refractivity contribution is 7.88. The maximum absolute atomic E-state index is 11.4. The molecule has 3 fully saturated rings. The summed E-state index contributed by atoms with van der Waals surface area (Å²) >= 11 is 0. The highest BCUT2D eigenvalue weighted by Crippen LogP contribution is 2.42. The third-order valence-electron chi connectivity index (χ3n) is 5.58. The summed E-state index contributed by atoms with van der Waals surface area (Å²) in [5, 5.41) is 9.00. The van der Waals surface area contributed by atoms with Gasteiger partial charge in [0.2, 0.25) is 10.0 Å². The van der Waals surface area contributed by atoms with Gasteiger partial charge in [0.25, 0.3) is 0 Å². The first-order valence-electron chi connectivity index (χ1n) is 9.28. The molecule has 0 amide bonds. The van der Waals surface area contributed by atoms with Gasteiger partial charge < -0.3 is 10.3 Å². The molecule has 0 radical (unpaired) electrons. The molecule has 3 N–H and O–H groups in total. The van der Waals surface area contributed by atoms with Crippen LogP contribution in [0.2, 0.25) is 0 Å². The summed E-state index contributed by atoms with van der Waals surface area (Å²) in [5.74, 6) is 2.67. The maximum atomic E-state index is 11.4. The minimum Gasteiger partial charge on any atom is -0.328 e. The molecule has 2 heterocycles. The molecule has 8 nitrogen and oxygen atoms in total. The summed E-state index contributed by atoms with van der Waals surface area (Å²) in [6.07, 6.45) is 7.39. The molecular weight excluding hydrogens is 340 g/mol. The quantitative estimate of drug-likeness (QED) is 0.750. The second-order valence-corrected chi connectivity index (χ2v) is 9.72. The van der Waals surface area contributed by atoms with Gasteiger partial charge in [0, 0.05) is 37.1 Å². The number of nitrogens with one attached hydrogen (secondary N) is 1. The molecule has 9 heteroatoms. The van der Waals surface area contributed by atoms with E-state index in [4.69, 9.17) is 5.73 Å². The van der Waals surface area contributed by atoms with Crippen LogP contribution in [0.1, 0.15) is 62.1 Å². The zero-order valence-corrected chi connectivity index (χ0v) is 15.6. The fraction of sp³-hybridized carbons (Fsp3) is 0.875. The monoisotopic (exact) mass is 368 g/mol. The Morgan fingerprint density at radius 1 is 1.16 bits per heavy atom. The Labute approximate surface area is 149 Å². The van der Waals surface area contributed by atoms with Crippen LogP contribution < -0.4 is 10.5 Å². The molecule has 0 bridgehead atoms. The van der Waals surface area contributed by atoms with E-state index < -0.39 is 10.0 Å². The number of piperidine rings is 1. The zero-order valence-electron chi connectivity index (χ0n) is 14.8. The fourth-order valence-corrected chi connectivity index (χ4v) is 4.88. The number of rotatable bonds is 6. The van der Waals surface area contributed by atoms with Crippen molar-refractivity contribution < 1.29 is 8.42 Å². The van der Waals surface area contributed by atoms with Crippen LogP contribution in [0, 0.1) is 0 Å². The predicted molar refractivity (Wildman–Crippen MR) is 94.5 cm³/mol. The number of aromatic nitrogens is 3. The number of likely N-dealkylation sites (tertiary alicyclic amines) is 1. The SMILES string of the molecule is CS(=O)(=O)NC1CCN(Cc2nnc(C3CC(N)C3)n2C2CC2)CC1. The Hall–Kier alpha value is -1.03. The Balaban J connectivity index is 1.39. The third kappa shape index (κ3) is 4.05. The Kier molecular flexibility index (Phi) is 4.59. The first kappa shape index (κ1) is 17.4. The second kappa shape index (κ2) is 6.61. The van der Waals surface area contributed by atoms with E-state index in [0.29, 0.717) is 18.0 Å². The summed E-state index contributed by atoms with van der Waals surface area (Å²) in [6, 6.07) is 0.944. The molecule has 0 spiro atoms. The van der Waals surface area contributed by atoms with Crippen molar-refractivity contribution in [2.45, 2.75) is 69.1 Å². The van der Waals surface area contributed by atoms with Crippen molar-refractivity contribution in [1.82, 2.24) is 24.4 Å². The van der Waals surface area contributed by atoms with Crippen LogP contribution in [0.25, 0.3) is 0 Å². The normalized spacial score (nSPS) is 28.9. The molecule has 0 unspecified atom stereocenters. The van der Waals surface area contributed by atoms with Gasteiger partial charge in [-0.25, -0.2) is 13.1 Å². The lowest BCUT2D eigenvalue weighted by Gasteiger charge is -2.33. The van der Waals surface area contributed by atoms with E-state index in [-0.39, 0.29) is 6.04 Å². The van der Waals surface area contributed by atoms with Gasteiger partial charge in [-0.05, 0) is 38.5 Å². The molecule has 2 saturated carbocycles. The van der Waals surface area contributed by atoms with Crippen molar-refractivity contribution in [2.75, 3.05) is 19.3 Å². The van der Waals surface area contributed by atoms with Gasteiger partial charge >= 0.3 is 0 Å². The minimum atomic E-state index is -3.12. The van der Waals surface area contributed by atoms with E-state index in [1.54, 1.807) is 0 Å². The summed E-state index contributed by atoms with van der Waals surface area (Å²) in [7, 11) is -3.12. The van der Waals surface area contributed by atoms with Crippen molar-refractivity contribution in [3.8, 4) is 0 Å². The van der Waals surface area contributed by atoms with E-state index in [0.717, 1.165) is 57.0 Å². The van der Waals surface area contributed by atoms with E-state index in [9.17, 15) is 8.42 Å². The molecule has 3 aliphatic rings. The van der Waals surface area contributed by atoms with Crippen LogP contribution in [0.5, 0.6) is 0 Å². The number of nitrogens with zero attached hydrogens (tertiary/aromatic N) is 4. The molecular formula is C16H28N6O2S. The Bertz CT molecular complexity index is 715. The average molecular weight is 369 g/mol. The van der Waals surface area contributed by atoms with Gasteiger partial charge in [0.05, 0.1) is 12.8 Å². The molecule has 1 aromatic heterocycles. The summed E-state index contributed by atoms with van der Waals surface area (Å²) in [6.45, 7) is 2.57. The van der Waals surface area contributed by atoms with Gasteiger partial charge in [0.15, 0.2) is 0 Å². The van der Waals surface area contributed by atoms with Gasteiger partial charge in [-0.15, -0.1) is 10.2 Å². The Morgan fingerprint density at radius 2 is 1.84 bits per heavy atom. The van der Waals surface area contributed by atoms with Gasteiger partial charge in [0.1, 0.15) is 11.6 Å². The number of hydrogen-bond donors (Lipinski definition) is 2. The largest absolute Gasteiger partial charge is 0.328 e. The first-order valence-corrected chi connectivity index (χ1v) is 11.2. The Morgan fingerprint density at radius 3 is 2.40 bits per heavy atom. The highest BCUT2D eigenvalue weighted by atomic mass is 32.2. The standard InChI is InChI=1S/C16H28N6O2S/c1-25(23,24)20-13-4-6-21(7-5-13)10-15-18-19-16(11-8-12(17)9-11)22(15)14-2-3-14/h11-14,20H,2-10,17H2,1H3. The smallest absolute Gasteiger partial charge is 0.208 e. The number of hydrogen-bond acceptors (Lipinski definition) is 6. The van der Waals surface area contributed by atoms with Gasteiger partial charge in [-0.1, -0.05) is 0 Å². The molecule has 2 aliphatic carbocycles. The van der Waals surface area contributed by atoms with Crippen molar-refractivity contribution >= 4 is 10.0 Å². The van der Waals surface area contributed by atoms with Crippen LogP contribution in [-0.2, 0) is 16.6 Å². The fourth-order valence-electron chi connectivity index (χ4n) is 4.04. The van der Waals surface area contributed by atoms with Crippen LogP contribution in [0.15, 0.2) is 0 Å². The van der Waals surface area contributed by atoms with Crippen molar-refractivity contribution in [3.63, 3.8) is 0 Å². The van der Waals surface area contributed by atoms with E-state index in [1.165, 1.54) is 19.1 Å². The van der Waals surface area contributed by atoms with Gasteiger partial charge in [-0.3, -0.25) is 4.90 Å². The third-order valence-corrected chi connectivity index (χ3v) is 6.34. The van der Waals surface area contributed by atoms with Crippen LogP contribution >= 0.6 is 0 Å². The van der Waals surface area contributed by atoms with Crippen molar-refractivity contribution in [1.29, 1.82) is 0 Å². The average Bonchev–Trinajstić information content (AvgIpc) is 3.26. The van der Waals surface area contributed by atoms with Crippen molar-refractivity contribution in [3.05, 3.63) is 11.6 Å². The summed E-state index contributed by atoms with van der Waals surface area (Å²) in [4.78, 5) is 2.36. The molecule has 1 aromatic rings. The zero-order chi connectivity index (χ0) is 17.6. The number of nitrogens with two attached hydrogens (primary N) is 1. The van der Waals surface area contributed by atoms with Gasteiger partial charge in [-0.2, -0.15) is 0 Å². The molecule has 4 rings (SSSR count). The summed E-state index contributed by atoms with van der Waals surface area (Å²) in [5.41, 5.74) is 5.95. The lowest BCUT2D eigenvalue weighted by atomic mass is 9.80. The van der Waals surface area contributed by atoms with Crippen molar-refractivity contribution in [2.24, 2.45) is 5.73 Å². The van der Waals surface area contributed by atoms with Crippen LogP contribution in [0.3, 0.4) is 0 Å². The second-order valence-electron chi connectivity index (χ2n) is 7.94. The van der Waals surface area contributed by atoms with E-state index in [2.05, 4.69) is 24.4 Å². The van der Waals surface area contributed by atoms with E-state index in [1.807, 2.05) is 0 Å². The molecule has 140 valence electrons. The molecule has 1 saturated heterocycles. The molecule has 25 heavy (non-hydrogen) atoms. The summed E-state index contributed by atoms with van der Waals surface area (Å²) < 4.78 is 27.8. The lowest BCUT2D eigenvalue weighted by Crippen LogP contribution is -2.44.